The number of anilines is 1. The maximum absolute atomic E-state index is 13.9. The quantitative estimate of drug-likeness (QED) is 0.720. The van der Waals surface area contributed by atoms with Crippen LogP contribution in [-0.4, -0.2) is 39.1 Å². The third-order valence-corrected chi connectivity index (χ3v) is 4.17. The summed E-state index contributed by atoms with van der Waals surface area (Å²) in [5, 5.41) is 12.2. The van der Waals surface area contributed by atoms with Crippen LogP contribution in [0.15, 0.2) is 35.6 Å². The van der Waals surface area contributed by atoms with Crippen LogP contribution in [0.3, 0.4) is 0 Å². The number of sulfonamides is 1. The Hall–Kier alpha value is -3.08. The van der Waals surface area contributed by atoms with E-state index in [2.05, 4.69) is 15.1 Å². The van der Waals surface area contributed by atoms with Crippen LogP contribution in [0.1, 0.15) is 16.1 Å². The van der Waals surface area contributed by atoms with Crippen molar-refractivity contribution in [2.24, 2.45) is 0 Å². The van der Waals surface area contributed by atoms with Crippen molar-refractivity contribution in [3.63, 3.8) is 0 Å². The maximum atomic E-state index is 13.9. The second-order valence-corrected chi connectivity index (χ2v) is 6.36. The third-order valence-electron chi connectivity index (χ3n) is 3.05. The van der Waals surface area contributed by atoms with E-state index in [9.17, 15) is 17.6 Å². The number of halogens is 1. The lowest BCUT2D eigenvalue weighted by Gasteiger charge is -2.09. The Morgan fingerprint density at radius 2 is 2.04 bits per heavy atom. The minimum absolute atomic E-state index is 0.0439. The molecule has 9 nitrogen and oxygen atoms in total. The zero-order valence-electron chi connectivity index (χ0n) is 12.1. The number of hydrogen-bond donors (Lipinski definition) is 2. The molecule has 0 atom stereocenters. The molecule has 0 fully saturated rings. The standard InChI is InChI=1S/C13H10FN5O4S/c1-7-5-6-19-12(15-7)16-13(17-19)24(22,23)18-10-8(11(20)21)3-2-4-9(10)14/h2-6,18H,1H3,(H,20,21). The van der Waals surface area contributed by atoms with E-state index in [-0.39, 0.29) is 5.78 Å². The SMILES string of the molecule is Cc1ccn2nc(S(=O)(=O)Nc3c(F)cccc3C(=O)O)nc2n1. The molecule has 0 amide bonds. The molecule has 2 aromatic heterocycles. The fourth-order valence-corrected chi connectivity index (χ4v) is 2.91. The summed E-state index contributed by atoms with van der Waals surface area (Å²) in [4.78, 5) is 18.9. The number of aryl methyl sites for hydroxylation is 1. The van der Waals surface area contributed by atoms with Crippen molar-refractivity contribution in [1.29, 1.82) is 0 Å². The molecule has 0 aliphatic heterocycles. The Labute approximate surface area is 134 Å². The first-order valence-corrected chi connectivity index (χ1v) is 8.01. The zero-order chi connectivity index (χ0) is 17.5. The number of hydrogen-bond acceptors (Lipinski definition) is 6. The van der Waals surface area contributed by atoms with E-state index >= 15 is 0 Å². The van der Waals surface area contributed by atoms with E-state index in [1.165, 1.54) is 6.20 Å². The number of carbonyl (C=O) groups is 1. The molecule has 0 aliphatic rings. The van der Waals surface area contributed by atoms with Crippen LogP contribution in [0.5, 0.6) is 0 Å². The van der Waals surface area contributed by atoms with Crippen LogP contribution >= 0.6 is 0 Å². The average molecular weight is 351 g/mol. The first-order chi connectivity index (χ1) is 11.3. The van der Waals surface area contributed by atoms with Gasteiger partial charge in [-0.1, -0.05) is 6.07 Å². The summed E-state index contributed by atoms with van der Waals surface area (Å²) >= 11 is 0. The van der Waals surface area contributed by atoms with Gasteiger partial charge in [-0.15, -0.1) is 5.10 Å². The number of benzene rings is 1. The molecule has 0 aliphatic carbocycles. The molecular weight excluding hydrogens is 341 g/mol. The van der Waals surface area contributed by atoms with Gasteiger partial charge in [0.1, 0.15) is 5.82 Å². The Balaban J connectivity index is 2.07. The number of aromatic nitrogens is 4. The topological polar surface area (TPSA) is 127 Å². The highest BCUT2D eigenvalue weighted by molar-refractivity contribution is 7.92. The highest BCUT2D eigenvalue weighted by atomic mass is 32.2. The van der Waals surface area contributed by atoms with Gasteiger partial charge in [-0.2, -0.15) is 13.4 Å². The van der Waals surface area contributed by atoms with Crippen molar-refractivity contribution in [2.45, 2.75) is 12.1 Å². The first-order valence-electron chi connectivity index (χ1n) is 6.52. The minimum atomic E-state index is -4.40. The fourth-order valence-electron chi connectivity index (χ4n) is 1.95. The van der Waals surface area contributed by atoms with Gasteiger partial charge in [-0.25, -0.2) is 18.7 Å². The monoisotopic (exact) mass is 351 g/mol. The molecule has 0 bridgehead atoms. The molecule has 1 aromatic carbocycles. The molecule has 2 N–H and O–H groups in total. The summed E-state index contributed by atoms with van der Waals surface area (Å²) in [5.41, 5.74) is -0.613. The van der Waals surface area contributed by atoms with Gasteiger partial charge in [-0.3, -0.25) is 4.72 Å². The van der Waals surface area contributed by atoms with Crippen LogP contribution in [0.4, 0.5) is 10.1 Å². The lowest BCUT2D eigenvalue weighted by molar-refractivity contribution is 0.0697. The Bertz CT molecular complexity index is 1060. The van der Waals surface area contributed by atoms with Gasteiger partial charge < -0.3 is 5.11 Å². The maximum Gasteiger partial charge on any atom is 0.337 e. The Kier molecular flexibility index (Phi) is 3.64. The zero-order valence-corrected chi connectivity index (χ0v) is 13.0. The largest absolute Gasteiger partial charge is 0.478 e. The fraction of sp³-hybridized carbons (Fsp3) is 0.0769. The minimum Gasteiger partial charge on any atom is -0.478 e. The molecule has 0 unspecified atom stereocenters. The van der Waals surface area contributed by atoms with E-state index in [0.29, 0.717) is 5.69 Å². The van der Waals surface area contributed by atoms with E-state index in [0.717, 1.165) is 22.7 Å². The van der Waals surface area contributed by atoms with Crippen molar-refractivity contribution < 1.29 is 22.7 Å². The Morgan fingerprint density at radius 1 is 1.29 bits per heavy atom. The van der Waals surface area contributed by atoms with Crippen LogP contribution < -0.4 is 4.72 Å². The molecule has 0 saturated heterocycles. The number of carboxylic acids is 1. The number of fused-ring (bicyclic) bond motifs is 1. The van der Waals surface area contributed by atoms with Gasteiger partial charge in [0.15, 0.2) is 0 Å². The smallest absolute Gasteiger partial charge is 0.337 e. The van der Waals surface area contributed by atoms with Gasteiger partial charge in [0.05, 0.1) is 11.3 Å². The molecule has 2 heterocycles. The molecule has 11 heteroatoms. The molecule has 0 spiro atoms. The van der Waals surface area contributed by atoms with Gasteiger partial charge in [0, 0.05) is 11.9 Å². The van der Waals surface area contributed by atoms with Crippen molar-refractivity contribution in [3.05, 3.63) is 47.5 Å². The summed E-state index contributed by atoms with van der Waals surface area (Å²) in [6, 6.07) is 4.77. The highest BCUT2D eigenvalue weighted by Gasteiger charge is 2.25. The van der Waals surface area contributed by atoms with E-state index < -0.39 is 38.2 Å². The second kappa shape index (κ2) is 5.53. The van der Waals surface area contributed by atoms with Crippen LogP contribution in [-0.2, 0) is 10.0 Å². The van der Waals surface area contributed by atoms with E-state index in [1.54, 1.807) is 13.0 Å². The Morgan fingerprint density at radius 3 is 2.75 bits per heavy atom. The molecule has 0 saturated carbocycles. The highest BCUT2D eigenvalue weighted by Crippen LogP contribution is 2.22. The summed E-state index contributed by atoms with van der Waals surface area (Å²) in [6.07, 6.45) is 1.47. The van der Waals surface area contributed by atoms with Crippen molar-refractivity contribution in [2.75, 3.05) is 4.72 Å². The number of rotatable bonds is 4. The number of nitrogens with zero attached hydrogens (tertiary/aromatic N) is 4. The summed E-state index contributed by atoms with van der Waals surface area (Å²) in [6.45, 7) is 1.69. The molecule has 0 radical (unpaired) electrons. The second-order valence-electron chi connectivity index (χ2n) is 4.78. The summed E-state index contributed by atoms with van der Waals surface area (Å²) < 4.78 is 41.6. The normalized spacial score (nSPS) is 11.6. The molecule has 3 rings (SSSR count). The number of para-hydroxylation sites is 1. The van der Waals surface area contributed by atoms with Crippen LogP contribution in [0.25, 0.3) is 5.78 Å². The third kappa shape index (κ3) is 2.76. The van der Waals surface area contributed by atoms with Crippen LogP contribution in [0, 0.1) is 12.7 Å². The number of carboxylic acid groups (broad SMARTS) is 1. The van der Waals surface area contributed by atoms with Crippen molar-refractivity contribution >= 4 is 27.5 Å². The van der Waals surface area contributed by atoms with E-state index in [1.807, 2.05) is 4.72 Å². The van der Waals surface area contributed by atoms with Crippen LogP contribution in [0.2, 0.25) is 0 Å². The lowest BCUT2D eigenvalue weighted by atomic mass is 10.2. The van der Waals surface area contributed by atoms with Gasteiger partial charge in [0.2, 0.25) is 0 Å². The van der Waals surface area contributed by atoms with Gasteiger partial charge in [-0.05, 0) is 25.1 Å². The predicted octanol–water partition coefficient (Wildman–Crippen LogP) is 1.07. The average Bonchev–Trinajstić information content (AvgIpc) is 2.92. The number of nitrogens with one attached hydrogen (secondary N) is 1. The summed E-state index contributed by atoms with van der Waals surface area (Å²) in [5.74, 6) is -2.47. The summed E-state index contributed by atoms with van der Waals surface area (Å²) in [7, 11) is -4.40. The molecule has 3 aromatic rings. The molecule has 124 valence electrons. The predicted molar refractivity (Wildman–Crippen MR) is 79.7 cm³/mol. The molecular formula is C13H10FN5O4S. The van der Waals surface area contributed by atoms with Gasteiger partial charge >= 0.3 is 5.97 Å². The van der Waals surface area contributed by atoms with E-state index in [4.69, 9.17) is 5.11 Å². The molecule has 24 heavy (non-hydrogen) atoms. The first kappa shape index (κ1) is 15.8. The van der Waals surface area contributed by atoms with Crippen molar-refractivity contribution in [3.8, 4) is 0 Å². The number of aromatic carboxylic acids is 1. The van der Waals surface area contributed by atoms with Gasteiger partial charge in [0.25, 0.3) is 21.0 Å². The lowest BCUT2D eigenvalue weighted by Crippen LogP contribution is -2.18. The van der Waals surface area contributed by atoms with Crippen molar-refractivity contribution in [1.82, 2.24) is 19.6 Å².